The lowest BCUT2D eigenvalue weighted by Gasteiger charge is -2.18. The summed E-state index contributed by atoms with van der Waals surface area (Å²) in [4.78, 5) is 9.15. The third-order valence-corrected chi connectivity index (χ3v) is 4.09. The van der Waals surface area contributed by atoms with Gasteiger partial charge in [-0.1, -0.05) is 12.1 Å². The van der Waals surface area contributed by atoms with Crippen molar-refractivity contribution in [2.75, 3.05) is 5.73 Å². The highest BCUT2D eigenvalue weighted by Crippen LogP contribution is 2.43. The first kappa shape index (κ1) is 12.6. The van der Waals surface area contributed by atoms with Crippen molar-refractivity contribution in [3.05, 3.63) is 35.5 Å². The maximum atomic E-state index is 6.11. The van der Waals surface area contributed by atoms with E-state index in [-0.39, 0.29) is 5.60 Å². The summed E-state index contributed by atoms with van der Waals surface area (Å²) in [5.74, 6) is 2.70. The van der Waals surface area contributed by atoms with Crippen LogP contribution in [0.1, 0.15) is 43.9 Å². The number of rotatable bonds is 2. The highest BCUT2D eigenvalue weighted by atomic mass is 16.5. The lowest BCUT2D eigenvalue weighted by Crippen LogP contribution is -2.24. The Bertz CT molecular complexity index is 720. The van der Waals surface area contributed by atoms with Crippen LogP contribution in [0.2, 0.25) is 0 Å². The van der Waals surface area contributed by atoms with Crippen molar-refractivity contribution < 1.29 is 4.74 Å². The molecule has 2 aliphatic rings. The van der Waals surface area contributed by atoms with Crippen molar-refractivity contribution in [1.29, 1.82) is 0 Å². The molecule has 0 bridgehead atoms. The molecular formula is C17H19N3O. The van der Waals surface area contributed by atoms with Gasteiger partial charge in [0.15, 0.2) is 5.82 Å². The van der Waals surface area contributed by atoms with Crippen LogP contribution in [-0.4, -0.2) is 15.6 Å². The number of aromatic nitrogens is 2. The van der Waals surface area contributed by atoms with Crippen molar-refractivity contribution in [2.45, 2.75) is 44.6 Å². The summed E-state index contributed by atoms with van der Waals surface area (Å²) in [5.41, 5.74) is 9.03. The molecule has 1 aliphatic heterocycles. The minimum Gasteiger partial charge on any atom is -0.486 e. The molecule has 4 rings (SSSR count). The van der Waals surface area contributed by atoms with E-state index < -0.39 is 0 Å². The quantitative estimate of drug-likeness (QED) is 0.917. The average molecular weight is 281 g/mol. The Hall–Kier alpha value is -2.10. The van der Waals surface area contributed by atoms with Gasteiger partial charge in [-0.15, -0.1) is 0 Å². The lowest BCUT2D eigenvalue weighted by atomic mass is 10.0. The molecule has 0 amide bonds. The number of fused-ring (bicyclic) bond motifs is 1. The minimum absolute atomic E-state index is 0.169. The smallest absolute Gasteiger partial charge is 0.165 e. The number of anilines is 1. The number of ether oxygens (including phenoxy) is 1. The molecule has 108 valence electrons. The van der Waals surface area contributed by atoms with E-state index in [4.69, 9.17) is 15.5 Å². The number of hydrogen-bond donors (Lipinski definition) is 1. The van der Waals surface area contributed by atoms with Gasteiger partial charge in [0.1, 0.15) is 17.2 Å². The van der Waals surface area contributed by atoms with Gasteiger partial charge in [-0.25, -0.2) is 9.97 Å². The Morgan fingerprint density at radius 2 is 2.05 bits per heavy atom. The maximum absolute atomic E-state index is 6.11. The van der Waals surface area contributed by atoms with Gasteiger partial charge < -0.3 is 10.5 Å². The second-order valence-electron chi connectivity index (χ2n) is 6.65. The predicted octanol–water partition coefficient (Wildman–Crippen LogP) is 3.32. The van der Waals surface area contributed by atoms with Gasteiger partial charge in [-0.3, -0.25) is 0 Å². The fourth-order valence-corrected chi connectivity index (χ4v) is 2.99. The number of benzene rings is 1. The maximum Gasteiger partial charge on any atom is 0.165 e. The van der Waals surface area contributed by atoms with Gasteiger partial charge in [-0.2, -0.15) is 0 Å². The van der Waals surface area contributed by atoms with E-state index in [0.717, 1.165) is 23.4 Å². The van der Waals surface area contributed by atoms with E-state index in [1.807, 2.05) is 18.2 Å². The molecule has 4 nitrogen and oxygen atoms in total. The van der Waals surface area contributed by atoms with Gasteiger partial charge >= 0.3 is 0 Å². The number of hydrogen-bond acceptors (Lipinski definition) is 4. The molecule has 2 heterocycles. The molecule has 2 N–H and O–H groups in total. The van der Waals surface area contributed by atoms with Crippen LogP contribution < -0.4 is 10.5 Å². The average Bonchev–Trinajstić information content (AvgIpc) is 3.19. The summed E-state index contributed by atoms with van der Waals surface area (Å²) in [6.07, 6.45) is 3.31. The number of para-hydroxylation sites is 1. The molecule has 0 unspecified atom stereocenters. The topological polar surface area (TPSA) is 61.0 Å². The monoisotopic (exact) mass is 281 g/mol. The summed E-state index contributed by atoms with van der Waals surface area (Å²) in [6.45, 7) is 4.21. The first-order chi connectivity index (χ1) is 10.0. The molecule has 0 spiro atoms. The van der Waals surface area contributed by atoms with Gasteiger partial charge in [0.2, 0.25) is 0 Å². The highest BCUT2D eigenvalue weighted by molar-refractivity contribution is 5.69. The Morgan fingerprint density at radius 1 is 1.24 bits per heavy atom. The number of nitrogens with zero attached hydrogens (tertiary/aromatic N) is 2. The largest absolute Gasteiger partial charge is 0.486 e. The summed E-state index contributed by atoms with van der Waals surface area (Å²) < 4.78 is 6.11. The zero-order valence-corrected chi connectivity index (χ0v) is 12.4. The molecule has 21 heavy (non-hydrogen) atoms. The van der Waals surface area contributed by atoms with Crippen molar-refractivity contribution in [3.63, 3.8) is 0 Å². The van der Waals surface area contributed by atoms with Crippen molar-refractivity contribution in [1.82, 2.24) is 9.97 Å². The predicted molar refractivity (Wildman–Crippen MR) is 82.3 cm³/mol. The Kier molecular flexibility index (Phi) is 2.52. The SMILES string of the molecule is CC1(C)Cc2cccc(-c3nc(N)cc(C4CC4)n3)c2O1. The van der Waals surface area contributed by atoms with E-state index in [2.05, 4.69) is 24.9 Å². The number of nitrogens with two attached hydrogens (primary N) is 1. The number of nitrogen functional groups attached to an aromatic ring is 1. The summed E-state index contributed by atoms with van der Waals surface area (Å²) in [5, 5.41) is 0. The van der Waals surface area contributed by atoms with E-state index in [9.17, 15) is 0 Å². The molecule has 0 saturated heterocycles. The van der Waals surface area contributed by atoms with Gasteiger partial charge in [0, 0.05) is 24.1 Å². The van der Waals surface area contributed by atoms with Crippen molar-refractivity contribution in [2.24, 2.45) is 0 Å². The van der Waals surface area contributed by atoms with Gasteiger partial charge in [-0.05, 0) is 38.3 Å². The summed E-state index contributed by atoms with van der Waals surface area (Å²) in [7, 11) is 0. The standard InChI is InChI=1S/C17H19N3O/c1-17(2)9-11-4-3-5-12(15(11)21-17)16-19-13(10-6-7-10)8-14(18)20-16/h3-5,8,10H,6-7,9H2,1-2H3,(H2,18,19,20). The molecule has 1 saturated carbocycles. The van der Waals surface area contributed by atoms with Crippen LogP contribution in [0, 0.1) is 0 Å². The molecule has 2 aromatic rings. The lowest BCUT2D eigenvalue weighted by molar-refractivity contribution is 0.139. The van der Waals surface area contributed by atoms with Gasteiger partial charge in [0.05, 0.1) is 5.56 Å². The molecular weight excluding hydrogens is 262 g/mol. The van der Waals surface area contributed by atoms with E-state index in [0.29, 0.717) is 17.6 Å². The van der Waals surface area contributed by atoms with Crippen molar-refractivity contribution >= 4 is 5.82 Å². The molecule has 1 aliphatic carbocycles. The Labute approximate surface area is 124 Å². The zero-order valence-electron chi connectivity index (χ0n) is 12.4. The zero-order chi connectivity index (χ0) is 14.6. The van der Waals surface area contributed by atoms with Crippen LogP contribution in [0.25, 0.3) is 11.4 Å². The Morgan fingerprint density at radius 3 is 2.81 bits per heavy atom. The van der Waals surface area contributed by atoms with E-state index in [1.54, 1.807) is 0 Å². The first-order valence-corrected chi connectivity index (χ1v) is 7.47. The second-order valence-corrected chi connectivity index (χ2v) is 6.65. The van der Waals surface area contributed by atoms with Crippen LogP contribution in [0.3, 0.4) is 0 Å². The molecule has 4 heteroatoms. The van der Waals surface area contributed by atoms with E-state index >= 15 is 0 Å². The van der Waals surface area contributed by atoms with Crippen LogP contribution in [0.4, 0.5) is 5.82 Å². The molecule has 1 fully saturated rings. The van der Waals surface area contributed by atoms with Gasteiger partial charge in [0.25, 0.3) is 0 Å². The molecule has 0 atom stereocenters. The fraction of sp³-hybridized carbons (Fsp3) is 0.412. The normalized spacial score (nSPS) is 19.1. The molecule has 1 aromatic carbocycles. The Balaban J connectivity index is 1.83. The summed E-state index contributed by atoms with van der Waals surface area (Å²) >= 11 is 0. The fourth-order valence-electron chi connectivity index (χ4n) is 2.99. The highest BCUT2D eigenvalue weighted by Gasteiger charge is 2.33. The van der Waals surface area contributed by atoms with Crippen LogP contribution in [0.15, 0.2) is 24.3 Å². The first-order valence-electron chi connectivity index (χ1n) is 7.47. The second kappa shape index (κ2) is 4.20. The van der Waals surface area contributed by atoms with Crippen molar-refractivity contribution in [3.8, 4) is 17.1 Å². The summed E-state index contributed by atoms with van der Waals surface area (Å²) in [6, 6.07) is 8.07. The third-order valence-electron chi connectivity index (χ3n) is 4.09. The molecule has 0 radical (unpaired) electrons. The van der Waals surface area contributed by atoms with Crippen LogP contribution in [-0.2, 0) is 6.42 Å². The van der Waals surface area contributed by atoms with E-state index in [1.165, 1.54) is 18.4 Å². The van der Waals surface area contributed by atoms with Crippen LogP contribution in [0.5, 0.6) is 5.75 Å². The van der Waals surface area contributed by atoms with Crippen LogP contribution >= 0.6 is 0 Å². The minimum atomic E-state index is -0.169. The molecule has 1 aromatic heterocycles. The third kappa shape index (κ3) is 2.24.